The molecule has 0 saturated carbocycles. The van der Waals surface area contributed by atoms with E-state index in [2.05, 4.69) is 17.2 Å². The summed E-state index contributed by atoms with van der Waals surface area (Å²) in [6, 6.07) is 14.7. The van der Waals surface area contributed by atoms with Gasteiger partial charge >= 0.3 is 12.1 Å². The van der Waals surface area contributed by atoms with Gasteiger partial charge in [-0.05, 0) is 42.3 Å². The van der Waals surface area contributed by atoms with Crippen molar-refractivity contribution in [1.82, 2.24) is 10.2 Å². The number of nitrogens with zero attached hydrogens (tertiary/aromatic N) is 2. The second-order valence-electron chi connectivity index (χ2n) is 6.73. The molecule has 0 aliphatic carbocycles. The van der Waals surface area contributed by atoms with Gasteiger partial charge in [-0.3, -0.25) is 4.90 Å². The minimum absolute atomic E-state index is 0.0488. The van der Waals surface area contributed by atoms with Crippen molar-refractivity contribution in [3.63, 3.8) is 0 Å². The van der Waals surface area contributed by atoms with E-state index in [1.807, 2.05) is 41.3 Å². The molecule has 0 radical (unpaired) electrons. The Bertz CT molecular complexity index is 884. The third-order valence-electron chi connectivity index (χ3n) is 4.64. The molecule has 1 aliphatic rings. The van der Waals surface area contributed by atoms with E-state index < -0.39 is 0 Å². The fraction of sp³-hybridized carbons (Fsp3) is 0.273. The van der Waals surface area contributed by atoms with Crippen LogP contribution in [0.1, 0.15) is 12.0 Å². The Morgan fingerprint density at radius 2 is 2.03 bits per heavy atom. The number of nitrogens with one attached hydrogen (secondary N) is 2. The summed E-state index contributed by atoms with van der Waals surface area (Å²) in [7, 11) is 1.63. The maximum Gasteiger partial charge on any atom is 0.324 e. The van der Waals surface area contributed by atoms with E-state index in [1.54, 1.807) is 30.2 Å². The second kappa shape index (κ2) is 9.64. The maximum atomic E-state index is 13.1. The molecule has 0 spiro atoms. The van der Waals surface area contributed by atoms with Crippen molar-refractivity contribution in [2.45, 2.75) is 13.0 Å². The number of urea groups is 2. The molecule has 1 heterocycles. The monoisotopic (exact) mass is 394 g/mol. The molecule has 0 unspecified atom stereocenters. The number of carbonyl (C=O) groups is 2. The summed E-state index contributed by atoms with van der Waals surface area (Å²) < 4.78 is 5.27. The molecule has 2 aromatic rings. The molecule has 4 amide bonds. The number of carbonyl (C=O) groups excluding carboxylic acids is 2. The summed E-state index contributed by atoms with van der Waals surface area (Å²) in [6.45, 7) is 5.82. The Balaban J connectivity index is 1.70. The van der Waals surface area contributed by atoms with Crippen molar-refractivity contribution in [3.8, 4) is 5.75 Å². The van der Waals surface area contributed by atoms with Gasteiger partial charge in [0.15, 0.2) is 0 Å². The van der Waals surface area contributed by atoms with Gasteiger partial charge in [0.25, 0.3) is 0 Å². The molecule has 2 N–H and O–H groups in total. The first kappa shape index (κ1) is 20.3. The standard InChI is InChI=1S/C22H26N4O3/c1-3-11-23-21(27)24-18-8-5-9-19(15-18)26-13-6-12-25(22(26)28)16-17-7-4-10-20(14-17)29-2/h3-5,7-10,14-15H,1,6,11-13,16H2,2H3,(H2,23,24,27). The van der Waals surface area contributed by atoms with Crippen LogP contribution < -0.4 is 20.3 Å². The van der Waals surface area contributed by atoms with Gasteiger partial charge in [0.2, 0.25) is 0 Å². The minimum atomic E-state index is -0.313. The van der Waals surface area contributed by atoms with Crippen LogP contribution in [0.4, 0.5) is 21.0 Å². The number of ether oxygens (including phenoxy) is 1. The van der Waals surface area contributed by atoms with Gasteiger partial charge in [-0.1, -0.05) is 24.3 Å². The number of benzene rings is 2. The van der Waals surface area contributed by atoms with E-state index >= 15 is 0 Å². The molecule has 3 rings (SSSR count). The summed E-state index contributed by atoms with van der Waals surface area (Å²) in [5.74, 6) is 0.775. The molecular weight excluding hydrogens is 368 g/mol. The van der Waals surface area contributed by atoms with Crippen molar-refractivity contribution in [3.05, 3.63) is 66.7 Å². The predicted octanol–water partition coefficient (Wildman–Crippen LogP) is 3.84. The normalized spacial score (nSPS) is 13.8. The quantitative estimate of drug-likeness (QED) is 0.701. The Hall–Kier alpha value is -3.48. The van der Waals surface area contributed by atoms with E-state index in [4.69, 9.17) is 4.74 Å². The van der Waals surface area contributed by atoms with Gasteiger partial charge < -0.3 is 20.3 Å². The first-order chi connectivity index (χ1) is 14.1. The van der Waals surface area contributed by atoms with E-state index in [1.165, 1.54) is 0 Å². The highest BCUT2D eigenvalue weighted by Crippen LogP contribution is 2.25. The number of rotatable bonds is 7. The number of hydrogen-bond donors (Lipinski definition) is 2. The zero-order valence-corrected chi connectivity index (χ0v) is 16.6. The van der Waals surface area contributed by atoms with E-state index in [-0.39, 0.29) is 12.1 Å². The molecule has 2 aromatic carbocycles. The van der Waals surface area contributed by atoms with Crippen LogP contribution in [0.3, 0.4) is 0 Å². The van der Waals surface area contributed by atoms with Crippen molar-refractivity contribution in [1.29, 1.82) is 0 Å². The van der Waals surface area contributed by atoms with E-state index in [0.29, 0.717) is 31.9 Å². The fourth-order valence-corrected chi connectivity index (χ4v) is 3.25. The number of hydrogen-bond acceptors (Lipinski definition) is 3. The largest absolute Gasteiger partial charge is 0.497 e. The molecule has 0 bridgehead atoms. The zero-order valence-electron chi connectivity index (χ0n) is 16.6. The number of methoxy groups -OCH3 is 1. The van der Waals surface area contributed by atoms with Gasteiger partial charge in [0.05, 0.1) is 7.11 Å². The van der Waals surface area contributed by atoms with Crippen molar-refractivity contribution in [2.75, 3.05) is 37.0 Å². The Labute approximate surface area is 170 Å². The molecule has 0 aromatic heterocycles. The topological polar surface area (TPSA) is 73.9 Å². The first-order valence-electron chi connectivity index (χ1n) is 9.56. The highest BCUT2D eigenvalue weighted by Gasteiger charge is 2.27. The van der Waals surface area contributed by atoms with Crippen LogP contribution in [-0.2, 0) is 6.54 Å². The van der Waals surface area contributed by atoms with E-state index in [9.17, 15) is 9.59 Å². The molecule has 1 saturated heterocycles. The molecule has 7 heteroatoms. The van der Waals surface area contributed by atoms with Crippen LogP contribution in [0, 0.1) is 0 Å². The van der Waals surface area contributed by atoms with Crippen LogP contribution in [0.2, 0.25) is 0 Å². The summed E-state index contributed by atoms with van der Waals surface area (Å²) in [6.07, 6.45) is 2.48. The van der Waals surface area contributed by atoms with Crippen LogP contribution in [0.15, 0.2) is 61.2 Å². The van der Waals surface area contributed by atoms with Gasteiger partial charge in [0, 0.05) is 37.6 Å². The second-order valence-corrected chi connectivity index (χ2v) is 6.73. The van der Waals surface area contributed by atoms with Gasteiger partial charge in [-0.2, -0.15) is 0 Å². The van der Waals surface area contributed by atoms with Crippen molar-refractivity contribution >= 4 is 23.4 Å². The lowest BCUT2D eigenvalue weighted by atomic mass is 10.1. The highest BCUT2D eigenvalue weighted by atomic mass is 16.5. The highest BCUT2D eigenvalue weighted by molar-refractivity contribution is 5.95. The summed E-state index contributed by atoms with van der Waals surface area (Å²) in [5.41, 5.74) is 2.41. The number of amides is 4. The molecule has 1 fully saturated rings. The summed E-state index contributed by atoms with van der Waals surface area (Å²) >= 11 is 0. The Morgan fingerprint density at radius 1 is 1.21 bits per heavy atom. The van der Waals surface area contributed by atoms with Gasteiger partial charge in [-0.15, -0.1) is 6.58 Å². The molecular formula is C22H26N4O3. The SMILES string of the molecule is C=CCNC(=O)Nc1cccc(N2CCCN(Cc3cccc(OC)c3)C2=O)c1. The summed E-state index contributed by atoms with van der Waals surface area (Å²) in [4.78, 5) is 28.5. The molecule has 7 nitrogen and oxygen atoms in total. The lowest BCUT2D eigenvalue weighted by Crippen LogP contribution is -2.49. The molecule has 152 valence electrons. The van der Waals surface area contributed by atoms with Gasteiger partial charge in [0.1, 0.15) is 5.75 Å². The summed E-state index contributed by atoms with van der Waals surface area (Å²) in [5, 5.41) is 5.44. The molecule has 1 aliphatic heterocycles. The molecule has 0 atom stereocenters. The van der Waals surface area contributed by atoms with E-state index in [0.717, 1.165) is 23.4 Å². The van der Waals surface area contributed by atoms with Crippen LogP contribution >= 0.6 is 0 Å². The van der Waals surface area contributed by atoms with Gasteiger partial charge in [-0.25, -0.2) is 9.59 Å². The van der Waals surface area contributed by atoms with Crippen molar-refractivity contribution in [2.24, 2.45) is 0 Å². The Kier molecular flexibility index (Phi) is 6.73. The maximum absolute atomic E-state index is 13.1. The fourth-order valence-electron chi connectivity index (χ4n) is 3.25. The van der Waals surface area contributed by atoms with Crippen molar-refractivity contribution < 1.29 is 14.3 Å². The third-order valence-corrected chi connectivity index (χ3v) is 4.64. The average Bonchev–Trinajstić information content (AvgIpc) is 2.74. The zero-order chi connectivity index (χ0) is 20.6. The third kappa shape index (κ3) is 5.28. The predicted molar refractivity (Wildman–Crippen MR) is 114 cm³/mol. The lowest BCUT2D eigenvalue weighted by Gasteiger charge is -2.36. The number of anilines is 2. The first-order valence-corrected chi connectivity index (χ1v) is 9.56. The minimum Gasteiger partial charge on any atom is -0.497 e. The average molecular weight is 394 g/mol. The van der Waals surface area contributed by atoms with Crippen LogP contribution in [0.5, 0.6) is 5.75 Å². The Morgan fingerprint density at radius 3 is 2.83 bits per heavy atom. The lowest BCUT2D eigenvalue weighted by molar-refractivity contribution is 0.192. The van der Waals surface area contributed by atoms with Crippen LogP contribution in [-0.4, -0.2) is 43.7 Å². The smallest absolute Gasteiger partial charge is 0.324 e. The van der Waals surface area contributed by atoms with Crippen LogP contribution in [0.25, 0.3) is 0 Å². The molecule has 29 heavy (non-hydrogen) atoms.